The number of carbonyl (C=O) groups is 1. The second-order valence-electron chi connectivity index (χ2n) is 5.70. The maximum atomic E-state index is 12.0. The van der Waals surface area contributed by atoms with Crippen LogP contribution in [0.25, 0.3) is 0 Å². The molecule has 0 bridgehead atoms. The highest BCUT2D eigenvalue weighted by Crippen LogP contribution is 2.44. The highest BCUT2D eigenvalue weighted by Gasteiger charge is 2.35. The lowest BCUT2D eigenvalue weighted by Crippen LogP contribution is -2.16. The standard InChI is InChI=1S/C19H19BrO2/c1-2-22-18(21)12-15-10-13-6-3-4-9-17(13)19(15)14-7-5-8-16(20)11-14/h3-9,11,15,19H,2,10,12H2,1H3/t15-,19-/m1/s1. The molecular formula is C19H19BrO2. The number of ether oxygens (including phenoxy) is 1. The van der Waals surface area contributed by atoms with Crippen molar-refractivity contribution in [2.45, 2.75) is 25.7 Å². The van der Waals surface area contributed by atoms with Crippen molar-refractivity contribution in [2.75, 3.05) is 6.61 Å². The summed E-state index contributed by atoms with van der Waals surface area (Å²) in [4.78, 5) is 12.0. The fraction of sp³-hybridized carbons (Fsp3) is 0.316. The van der Waals surface area contributed by atoms with Gasteiger partial charge in [0.05, 0.1) is 6.61 Å². The van der Waals surface area contributed by atoms with E-state index in [4.69, 9.17) is 4.74 Å². The lowest BCUT2D eigenvalue weighted by Gasteiger charge is -2.20. The fourth-order valence-corrected chi connectivity index (χ4v) is 3.87. The number of benzene rings is 2. The number of halogens is 1. The molecule has 0 fully saturated rings. The van der Waals surface area contributed by atoms with Crippen molar-refractivity contribution >= 4 is 21.9 Å². The average Bonchev–Trinajstić information content (AvgIpc) is 2.85. The van der Waals surface area contributed by atoms with E-state index in [1.54, 1.807) is 0 Å². The van der Waals surface area contributed by atoms with Crippen LogP contribution in [0.15, 0.2) is 53.0 Å². The number of hydrogen-bond acceptors (Lipinski definition) is 2. The maximum Gasteiger partial charge on any atom is 0.306 e. The molecule has 3 rings (SSSR count). The first-order valence-corrected chi connectivity index (χ1v) is 8.47. The summed E-state index contributed by atoms with van der Waals surface area (Å²) in [6.45, 7) is 2.30. The summed E-state index contributed by atoms with van der Waals surface area (Å²) in [7, 11) is 0. The quantitative estimate of drug-likeness (QED) is 0.740. The number of esters is 1. The van der Waals surface area contributed by atoms with Crippen molar-refractivity contribution in [3.63, 3.8) is 0 Å². The van der Waals surface area contributed by atoms with E-state index in [9.17, 15) is 4.79 Å². The zero-order chi connectivity index (χ0) is 15.5. The van der Waals surface area contributed by atoms with Crippen LogP contribution in [0.1, 0.15) is 36.0 Å². The lowest BCUT2D eigenvalue weighted by atomic mass is 9.84. The predicted octanol–water partition coefficient (Wildman–Crippen LogP) is 4.71. The van der Waals surface area contributed by atoms with Gasteiger partial charge in [-0.15, -0.1) is 0 Å². The summed E-state index contributed by atoms with van der Waals surface area (Å²) in [6, 6.07) is 16.9. The van der Waals surface area contributed by atoms with E-state index in [1.165, 1.54) is 16.7 Å². The van der Waals surface area contributed by atoms with Gasteiger partial charge in [-0.25, -0.2) is 0 Å². The highest BCUT2D eigenvalue weighted by molar-refractivity contribution is 9.10. The summed E-state index contributed by atoms with van der Waals surface area (Å²) in [5, 5.41) is 0. The summed E-state index contributed by atoms with van der Waals surface area (Å²) in [6.07, 6.45) is 1.41. The number of carbonyl (C=O) groups excluding carboxylic acids is 1. The molecular weight excluding hydrogens is 340 g/mol. The Morgan fingerprint density at radius 3 is 2.82 bits per heavy atom. The molecule has 2 aromatic carbocycles. The minimum atomic E-state index is -0.0969. The molecule has 0 amide bonds. The van der Waals surface area contributed by atoms with E-state index in [-0.39, 0.29) is 17.8 Å². The molecule has 2 atom stereocenters. The first kappa shape index (κ1) is 15.3. The topological polar surface area (TPSA) is 26.3 Å². The van der Waals surface area contributed by atoms with E-state index in [2.05, 4.69) is 58.4 Å². The van der Waals surface area contributed by atoms with E-state index in [0.717, 1.165) is 10.9 Å². The second kappa shape index (κ2) is 6.66. The van der Waals surface area contributed by atoms with Crippen molar-refractivity contribution in [3.05, 3.63) is 69.7 Å². The third-order valence-electron chi connectivity index (χ3n) is 4.29. The van der Waals surface area contributed by atoms with Gasteiger partial charge >= 0.3 is 5.97 Å². The highest BCUT2D eigenvalue weighted by atomic mass is 79.9. The Morgan fingerprint density at radius 2 is 2.05 bits per heavy atom. The Bertz CT molecular complexity index is 681. The third-order valence-corrected chi connectivity index (χ3v) is 4.78. The molecule has 0 unspecified atom stereocenters. The fourth-order valence-electron chi connectivity index (χ4n) is 3.45. The summed E-state index contributed by atoms with van der Waals surface area (Å²) in [5.41, 5.74) is 3.95. The summed E-state index contributed by atoms with van der Waals surface area (Å²) < 4.78 is 6.24. The van der Waals surface area contributed by atoms with Crippen LogP contribution in [-0.2, 0) is 16.0 Å². The van der Waals surface area contributed by atoms with Gasteiger partial charge in [0, 0.05) is 16.8 Å². The molecule has 0 spiro atoms. The normalized spacial score (nSPS) is 19.7. The molecule has 0 N–H and O–H groups in total. The SMILES string of the molecule is CCOC(=O)C[C@H]1Cc2ccccc2[C@@H]1c1cccc(Br)c1. The van der Waals surface area contributed by atoms with E-state index < -0.39 is 0 Å². The van der Waals surface area contributed by atoms with Crippen LogP contribution < -0.4 is 0 Å². The van der Waals surface area contributed by atoms with Gasteiger partial charge in [-0.2, -0.15) is 0 Å². The molecule has 3 heteroatoms. The minimum Gasteiger partial charge on any atom is -0.466 e. The third kappa shape index (κ3) is 3.09. The van der Waals surface area contributed by atoms with Gasteiger partial charge in [-0.3, -0.25) is 4.79 Å². The first-order chi connectivity index (χ1) is 10.7. The lowest BCUT2D eigenvalue weighted by molar-refractivity contribution is -0.144. The Hall–Kier alpha value is -1.61. The largest absolute Gasteiger partial charge is 0.466 e. The Morgan fingerprint density at radius 1 is 1.23 bits per heavy atom. The van der Waals surface area contributed by atoms with Crippen LogP contribution in [0.2, 0.25) is 0 Å². The van der Waals surface area contributed by atoms with E-state index in [0.29, 0.717) is 13.0 Å². The molecule has 114 valence electrons. The van der Waals surface area contributed by atoms with E-state index in [1.807, 2.05) is 13.0 Å². The molecule has 0 saturated carbocycles. The predicted molar refractivity (Wildman–Crippen MR) is 90.9 cm³/mol. The zero-order valence-electron chi connectivity index (χ0n) is 12.6. The number of rotatable bonds is 4. The van der Waals surface area contributed by atoms with Crippen LogP contribution in [0.5, 0.6) is 0 Å². The van der Waals surface area contributed by atoms with Crippen LogP contribution in [0, 0.1) is 5.92 Å². The van der Waals surface area contributed by atoms with Crippen molar-refractivity contribution in [1.82, 2.24) is 0 Å². The van der Waals surface area contributed by atoms with Crippen LogP contribution in [-0.4, -0.2) is 12.6 Å². The Kier molecular flexibility index (Phi) is 4.63. The second-order valence-corrected chi connectivity index (χ2v) is 6.62. The van der Waals surface area contributed by atoms with Gasteiger partial charge in [0.25, 0.3) is 0 Å². The smallest absolute Gasteiger partial charge is 0.306 e. The Balaban J connectivity index is 1.95. The van der Waals surface area contributed by atoms with Crippen molar-refractivity contribution < 1.29 is 9.53 Å². The molecule has 0 radical (unpaired) electrons. The van der Waals surface area contributed by atoms with Crippen LogP contribution in [0.4, 0.5) is 0 Å². The van der Waals surface area contributed by atoms with Gasteiger partial charge in [0.1, 0.15) is 0 Å². The van der Waals surface area contributed by atoms with Gasteiger partial charge in [0.2, 0.25) is 0 Å². The van der Waals surface area contributed by atoms with Crippen molar-refractivity contribution in [1.29, 1.82) is 0 Å². The Labute approximate surface area is 139 Å². The molecule has 2 nitrogen and oxygen atoms in total. The molecule has 0 heterocycles. The molecule has 0 aromatic heterocycles. The molecule has 0 saturated heterocycles. The van der Waals surface area contributed by atoms with Crippen LogP contribution in [0.3, 0.4) is 0 Å². The minimum absolute atomic E-state index is 0.0969. The van der Waals surface area contributed by atoms with Gasteiger partial charge < -0.3 is 4.74 Å². The zero-order valence-corrected chi connectivity index (χ0v) is 14.2. The summed E-state index contributed by atoms with van der Waals surface area (Å²) >= 11 is 3.55. The van der Waals surface area contributed by atoms with Crippen molar-refractivity contribution in [2.24, 2.45) is 5.92 Å². The van der Waals surface area contributed by atoms with Gasteiger partial charge in [-0.1, -0.05) is 52.3 Å². The monoisotopic (exact) mass is 358 g/mol. The van der Waals surface area contributed by atoms with Gasteiger partial charge in [0.15, 0.2) is 0 Å². The number of hydrogen-bond donors (Lipinski definition) is 0. The first-order valence-electron chi connectivity index (χ1n) is 7.68. The molecule has 0 aliphatic heterocycles. The van der Waals surface area contributed by atoms with E-state index >= 15 is 0 Å². The molecule has 22 heavy (non-hydrogen) atoms. The molecule has 1 aliphatic rings. The van der Waals surface area contributed by atoms with Gasteiger partial charge in [-0.05, 0) is 48.1 Å². The number of fused-ring (bicyclic) bond motifs is 1. The maximum absolute atomic E-state index is 12.0. The van der Waals surface area contributed by atoms with Crippen molar-refractivity contribution in [3.8, 4) is 0 Å². The average molecular weight is 359 g/mol. The molecule has 1 aliphatic carbocycles. The summed E-state index contributed by atoms with van der Waals surface area (Å²) in [5.74, 6) is 0.434. The molecule has 2 aromatic rings. The van der Waals surface area contributed by atoms with Crippen LogP contribution >= 0.6 is 15.9 Å².